The molecule has 2 aromatic heterocycles. The molecule has 2 aromatic carbocycles. The molecule has 0 aliphatic heterocycles. The normalized spacial score (nSPS) is 12.9. The fraction of sp³-hybridized carbons (Fsp3) is 0.459. The number of amides is 2. The van der Waals surface area contributed by atoms with Gasteiger partial charge in [0, 0.05) is 12.8 Å². The number of rotatable bonds is 19. The van der Waals surface area contributed by atoms with Gasteiger partial charge in [-0.05, 0) is 35.8 Å². The van der Waals surface area contributed by atoms with Gasteiger partial charge >= 0.3 is 11.9 Å². The molecule has 0 bridgehead atoms. The van der Waals surface area contributed by atoms with Crippen molar-refractivity contribution in [2.45, 2.75) is 84.7 Å². The van der Waals surface area contributed by atoms with Gasteiger partial charge in [0.2, 0.25) is 22.1 Å². The second-order valence-electron chi connectivity index (χ2n) is 12.9. The zero-order valence-electron chi connectivity index (χ0n) is 30.7. The van der Waals surface area contributed by atoms with Gasteiger partial charge in [-0.1, -0.05) is 118 Å². The second-order valence-corrected chi connectivity index (χ2v) is 15.0. The van der Waals surface area contributed by atoms with E-state index in [-0.39, 0.29) is 71.3 Å². The minimum absolute atomic E-state index is 0. The Morgan fingerprint density at radius 1 is 0.618 bits per heavy atom. The minimum Gasteiger partial charge on any atom is -0.463 e. The van der Waals surface area contributed by atoms with E-state index in [1.165, 1.54) is 22.7 Å². The van der Waals surface area contributed by atoms with Gasteiger partial charge in [0.25, 0.3) is 0 Å². The summed E-state index contributed by atoms with van der Waals surface area (Å²) in [4.78, 5) is 51.3. The minimum atomic E-state index is -0.780. The number of hydrogen-bond acceptors (Lipinski definition) is 14. The summed E-state index contributed by atoms with van der Waals surface area (Å²) in [5, 5.41) is 24.6. The Hall–Kier alpha value is -3.94. The maximum Gasteiger partial charge on any atom is 0.323 e. The fourth-order valence-corrected chi connectivity index (χ4v) is 6.40. The molecule has 18 heteroatoms. The number of ether oxygens (including phenoxy) is 2. The highest BCUT2D eigenvalue weighted by molar-refractivity contribution is 7.59. The van der Waals surface area contributed by atoms with E-state index in [9.17, 15) is 19.2 Å². The standard InChI is InChI=1S/C36H46N8O6S2.CH4.2H2S/c1-21(2)29(37)33(47)49-19-25(23-13-7-5-8-14-23)31(45)39-35-43-41-27(51-35)17-11-12-18-28-42-44-36(52-28)40-32(46)26(24-15-9-6-10-16-24)20-50-34(48)30(38)22(3)4;;;/h5-10,13-16,21-22,25-26,29-30H,11-12,17-20,37-38H2,1-4H3,(H,39,43,45)(H,40,44,46);1H4;2*1H2/t25?,26?,29-,30-;;;/m0.../s1. The third-order valence-electron chi connectivity index (χ3n) is 8.23. The smallest absolute Gasteiger partial charge is 0.323 e. The van der Waals surface area contributed by atoms with E-state index < -0.39 is 35.9 Å². The lowest BCUT2D eigenvalue weighted by molar-refractivity contribution is -0.148. The van der Waals surface area contributed by atoms with Gasteiger partial charge in [-0.3, -0.25) is 29.8 Å². The quantitative estimate of drug-likeness (QED) is 0.0699. The first kappa shape index (κ1) is 49.1. The number of unbranched alkanes of at least 4 members (excludes halogenated alkanes) is 1. The summed E-state index contributed by atoms with van der Waals surface area (Å²) in [6.45, 7) is 6.99. The van der Waals surface area contributed by atoms with E-state index >= 15 is 0 Å². The number of nitrogens with one attached hydrogen (secondary N) is 2. The molecule has 55 heavy (non-hydrogen) atoms. The van der Waals surface area contributed by atoms with Crippen molar-refractivity contribution in [3.05, 3.63) is 81.8 Å². The predicted molar refractivity (Wildman–Crippen MR) is 227 cm³/mol. The number of hydrogen-bond donors (Lipinski definition) is 4. The van der Waals surface area contributed by atoms with Crippen LogP contribution in [0.15, 0.2) is 60.7 Å². The van der Waals surface area contributed by atoms with E-state index in [1.807, 2.05) is 64.1 Å². The fourth-order valence-electron chi connectivity index (χ4n) is 4.83. The molecule has 0 fully saturated rings. The van der Waals surface area contributed by atoms with Gasteiger partial charge in [-0.2, -0.15) is 27.0 Å². The Morgan fingerprint density at radius 3 is 1.29 bits per heavy atom. The van der Waals surface area contributed by atoms with Crippen molar-refractivity contribution in [3.8, 4) is 0 Å². The number of nitrogens with zero attached hydrogens (tertiary/aromatic N) is 4. The Morgan fingerprint density at radius 2 is 0.964 bits per heavy atom. The molecule has 0 spiro atoms. The van der Waals surface area contributed by atoms with Crippen molar-refractivity contribution in [2.24, 2.45) is 23.3 Å². The van der Waals surface area contributed by atoms with Crippen LogP contribution in [0.1, 0.15) is 80.9 Å². The van der Waals surface area contributed by atoms with Gasteiger partial charge in [0.15, 0.2) is 0 Å². The van der Waals surface area contributed by atoms with Crippen molar-refractivity contribution >= 4 is 83.7 Å². The van der Waals surface area contributed by atoms with E-state index in [4.69, 9.17) is 20.9 Å². The average Bonchev–Trinajstić information content (AvgIpc) is 3.79. The van der Waals surface area contributed by atoms with Gasteiger partial charge in [-0.25, -0.2) is 0 Å². The summed E-state index contributed by atoms with van der Waals surface area (Å²) in [5.74, 6) is -3.57. The Labute approximate surface area is 344 Å². The highest BCUT2D eigenvalue weighted by Crippen LogP contribution is 2.25. The van der Waals surface area contributed by atoms with Crippen LogP contribution in [-0.4, -0.2) is 69.4 Å². The Bertz CT molecular complexity index is 1630. The first-order chi connectivity index (χ1) is 24.9. The average molecular weight is 835 g/mol. The molecule has 2 unspecified atom stereocenters. The molecule has 14 nitrogen and oxygen atoms in total. The van der Waals surface area contributed by atoms with Crippen LogP contribution in [0.25, 0.3) is 0 Å². The summed E-state index contributed by atoms with van der Waals surface area (Å²) in [5.41, 5.74) is 13.2. The highest BCUT2D eigenvalue weighted by atomic mass is 32.1. The lowest BCUT2D eigenvalue weighted by Crippen LogP contribution is -2.38. The molecule has 2 heterocycles. The van der Waals surface area contributed by atoms with Crippen molar-refractivity contribution < 1.29 is 28.7 Å². The maximum atomic E-state index is 13.3. The van der Waals surface area contributed by atoms with Crippen LogP contribution in [0.4, 0.5) is 10.3 Å². The number of benzene rings is 2. The molecule has 0 radical (unpaired) electrons. The summed E-state index contributed by atoms with van der Waals surface area (Å²) >= 11 is 2.56. The summed E-state index contributed by atoms with van der Waals surface area (Å²) < 4.78 is 10.8. The SMILES string of the molecule is C.CC(C)[C@H](N)C(=O)OCC(C(=O)Nc1nnc(CCCCc2nnc(NC(=O)C(COC(=O)[C@@H](N)C(C)C)c3ccccc3)s2)s1)c1ccccc1.S.S. The molecule has 302 valence electrons. The number of nitrogens with two attached hydrogens (primary N) is 2. The Balaban J connectivity index is 0.00000504. The van der Waals surface area contributed by atoms with E-state index in [0.29, 0.717) is 34.2 Å². The van der Waals surface area contributed by atoms with Gasteiger partial charge in [0.05, 0.1) is 11.8 Å². The molecule has 0 aliphatic rings. The molecule has 4 rings (SSSR count). The molecule has 0 saturated heterocycles. The number of anilines is 2. The van der Waals surface area contributed by atoms with Crippen LogP contribution in [0.5, 0.6) is 0 Å². The van der Waals surface area contributed by atoms with Gasteiger partial charge in [-0.15, -0.1) is 20.4 Å². The number of esters is 2. The van der Waals surface area contributed by atoms with Crippen molar-refractivity contribution in [2.75, 3.05) is 23.8 Å². The van der Waals surface area contributed by atoms with Crippen molar-refractivity contribution in [1.82, 2.24) is 20.4 Å². The topological polar surface area (TPSA) is 214 Å². The summed E-state index contributed by atoms with van der Waals surface area (Å²) in [7, 11) is 0. The van der Waals surface area contributed by atoms with Crippen LogP contribution >= 0.6 is 49.7 Å². The second kappa shape index (κ2) is 24.5. The highest BCUT2D eigenvalue weighted by Gasteiger charge is 2.28. The lowest BCUT2D eigenvalue weighted by Gasteiger charge is -2.19. The molecular formula is C37H54N8O6S4. The van der Waals surface area contributed by atoms with Crippen molar-refractivity contribution in [1.29, 1.82) is 0 Å². The van der Waals surface area contributed by atoms with E-state index in [1.54, 1.807) is 24.3 Å². The van der Waals surface area contributed by atoms with Crippen molar-refractivity contribution in [3.63, 3.8) is 0 Å². The zero-order valence-corrected chi connectivity index (χ0v) is 34.3. The third kappa shape index (κ3) is 15.3. The zero-order chi connectivity index (χ0) is 37.6. The van der Waals surface area contributed by atoms with Gasteiger partial charge in [0.1, 0.15) is 35.3 Å². The number of aryl methyl sites for hydroxylation is 2. The third-order valence-corrected chi connectivity index (χ3v) is 10.0. The van der Waals surface area contributed by atoms with Gasteiger partial charge < -0.3 is 20.9 Å². The summed E-state index contributed by atoms with van der Waals surface area (Å²) in [6, 6.07) is 16.6. The number of aromatic nitrogens is 4. The molecule has 6 N–H and O–H groups in total. The molecule has 4 atom stereocenters. The molecule has 0 saturated carbocycles. The molecule has 2 amide bonds. The van der Waals surface area contributed by atoms with Crippen LogP contribution in [0, 0.1) is 11.8 Å². The Kier molecular flexibility index (Phi) is 21.9. The first-order valence-electron chi connectivity index (χ1n) is 17.1. The van der Waals surface area contributed by atoms with Crippen LogP contribution in [0.3, 0.4) is 0 Å². The van der Waals surface area contributed by atoms with Crippen LogP contribution < -0.4 is 22.1 Å². The molecular weight excluding hydrogens is 781 g/mol. The van der Waals surface area contributed by atoms with Crippen LogP contribution in [0.2, 0.25) is 0 Å². The first-order valence-corrected chi connectivity index (χ1v) is 18.8. The molecule has 4 aromatic rings. The monoisotopic (exact) mass is 834 g/mol. The number of carbonyl (C=O) groups excluding carboxylic acids is 4. The largest absolute Gasteiger partial charge is 0.463 e. The van der Waals surface area contributed by atoms with Crippen LogP contribution in [-0.2, 0) is 41.5 Å². The van der Waals surface area contributed by atoms with E-state index in [0.717, 1.165) is 22.9 Å². The molecule has 0 aliphatic carbocycles. The number of carbonyl (C=O) groups is 4. The predicted octanol–water partition coefficient (Wildman–Crippen LogP) is 5.31. The maximum absolute atomic E-state index is 13.3. The summed E-state index contributed by atoms with van der Waals surface area (Å²) in [6.07, 6.45) is 2.84. The lowest BCUT2D eigenvalue weighted by atomic mass is 9.99. The van der Waals surface area contributed by atoms with E-state index in [2.05, 4.69) is 31.0 Å².